The topological polar surface area (TPSA) is 32.3 Å². The smallest absolute Gasteiger partial charge is 0.227 e. The Labute approximate surface area is 174 Å². The predicted molar refractivity (Wildman–Crippen MR) is 111 cm³/mol. The van der Waals surface area contributed by atoms with Crippen LogP contribution in [-0.4, -0.2) is 23.4 Å². The van der Waals surface area contributed by atoms with Crippen molar-refractivity contribution in [1.82, 2.24) is 4.90 Å². The van der Waals surface area contributed by atoms with Crippen molar-refractivity contribution in [1.29, 1.82) is 0 Å². The third-order valence-corrected chi connectivity index (χ3v) is 7.42. The lowest BCUT2D eigenvalue weighted by Crippen LogP contribution is -2.76. The summed E-state index contributed by atoms with van der Waals surface area (Å²) in [6, 6.07) is 11.6. The van der Waals surface area contributed by atoms with Crippen LogP contribution < -0.4 is 5.32 Å². The number of nitrogens with one attached hydrogen (secondary N) is 1. The molecule has 28 heavy (non-hydrogen) atoms. The summed E-state index contributed by atoms with van der Waals surface area (Å²) in [6.45, 7) is 2.81. The summed E-state index contributed by atoms with van der Waals surface area (Å²) in [6.07, 6.45) is 3.07. The van der Waals surface area contributed by atoms with Crippen LogP contribution in [0.5, 0.6) is 0 Å². The molecule has 3 aliphatic rings. The molecule has 0 saturated heterocycles. The molecule has 3 nitrogen and oxygen atoms in total. The number of carbonyl (C=O) groups is 1. The number of benzene rings is 2. The van der Waals surface area contributed by atoms with Gasteiger partial charge in [0.25, 0.3) is 0 Å². The van der Waals surface area contributed by atoms with E-state index in [2.05, 4.69) is 17.3 Å². The molecule has 6 heteroatoms. The molecule has 0 aromatic heterocycles. The Morgan fingerprint density at radius 1 is 1.14 bits per heavy atom. The Morgan fingerprint density at radius 3 is 2.39 bits per heavy atom. The molecule has 2 aromatic carbocycles. The van der Waals surface area contributed by atoms with Gasteiger partial charge in [0, 0.05) is 23.7 Å². The fourth-order valence-electron chi connectivity index (χ4n) is 4.82. The first-order valence-electron chi connectivity index (χ1n) is 9.45. The van der Waals surface area contributed by atoms with Gasteiger partial charge in [-0.1, -0.05) is 36.2 Å². The summed E-state index contributed by atoms with van der Waals surface area (Å²) < 4.78 is 13.0. The number of carbonyl (C=O) groups excluding carboxylic acids is 1. The number of halogens is 3. The van der Waals surface area contributed by atoms with Gasteiger partial charge in [-0.2, -0.15) is 0 Å². The number of rotatable bonds is 6. The Balaban J connectivity index is 1.34. The molecule has 3 fully saturated rings. The number of anilines is 1. The minimum atomic E-state index is -0.308. The van der Waals surface area contributed by atoms with Crippen LogP contribution in [0.3, 0.4) is 0 Å². The summed E-state index contributed by atoms with van der Waals surface area (Å²) in [5.41, 5.74) is 2.03. The minimum Gasteiger partial charge on any atom is -0.326 e. The monoisotopic (exact) mass is 420 g/mol. The van der Waals surface area contributed by atoms with Gasteiger partial charge in [-0.15, -0.1) is 0 Å². The second-order valence-electron chi connectivity index (χ2n) is 8.44. The fraction of sp³-hybridized carbons (Fsp3) is 0.409. The van der Waals surface area contributed by atoms with E-state index in [-0.39, 0.29) is 28.6 Å². The van der Waals surface area contributed by atoms with Crippen LogP contribution in [0.2, 0.25) is 10.0 Å². The first kappa shape index (κ1) is 19.7. The van der Waals surface area contributed by atoms with Crippen LogP contribution in [-0.2, 0) is 11.3 Å². The van der Waals surface area contributed by atoms with Crippen molar-refractivity contribution in [2.75, 3.05) is 12.4 Å². The maximum Gasteiger partial charge on any atom is 0.227 e. The highest BCUT2D eigenvalue weighted by Gasteiger charge is 2.71. The summed E-state index contributed by atoms with van der Waals surface area (Å²) in [7, 11) is 2.13. The van der Waals surface area contributed by atoms with Crippen molar-refractivity contribution in [3.8, 4) is 0 Å². The lowest BCUT2D eigenvalue weighted by Gasteiger charge is -2.75. The van der Waals surface area contributed by atoms with E-state index in [4.69, 9.17) is 23.2 Å². The van der Waals surface area contributed by atoms with Crippen molar-refractivity contribution >= 4 is 34.8 Å². The van der Waals surface area contributed by atoms with Gasteiger partial charge in [0.1, 0.15) is 5.82 Å². The van der Waals surface area contributed by atoms with Crippen LogP contribution in [0, 0.1) is 17.2 Å². The molecule has 2 aromatic rings. The van der Waals surface area contributed by atoms with Crippen molar-refractivity contribution in [2.45, 2.75) is 38.3 Å². The van der Waals surface area contributed by atoms with Gasteiger partial charge in [0.05, 0.1) is 10.0 Å². The molecule has 148 valence electrons. The summed E-state index contributed by atoms with van der Waals surface area (Å²) in [5, 5.41) is 4.06. The van der Waals surface area contributed by atoms with Gasteiger partial charge >= 0.3 is 0 Å². The van der Waals surface area contributed by atoms with Gasteiger partial charge in [0.2, 0.25) is 5.91 Å². The van der Waals surface area contributed by atoms with E-state index in [1.165, 1.54) is 12.1 Å². The quantitative estimate of drug-likeness (QED) is 0.643. The molecule has 3 saturated carbocycles. The molecule has 0 spiro atoms. The normalized spacial score (nSPS) is 26.4. The lowest BCUT2D eigenvalue weighted by atomic mass is 9.35. The lowest BCUT2D eigenvalue weighted by molar-refractivity contribution is -0.237. The Kier molecular flexibility index (Phi) is 4.93. The number of hydrogen-bond acceptors (Lipinski definition) is 2. The Bertz CT molecular complexity index is 895. The van der Waals surface area contributed by atoms with Gasteiger partial charge in [-0.25, -0.2) is 4.39 Å². The summed E-state index contributed by atoms with van der Waals surface area (Å²) in [5.74, 6) is -0.373. The predicted octanol–water partition coefficient (Wildman–Crippen LogP) is 5.76. The van der Waals surface area contributed by atoms with E-state index in [0.717, 1.165) is 31.4 Å². The zero-order valence-electron chi connectivity index (χ0n) is 15.9. The van der Waals surface area contributed by atoms with Gasteiger partial charge in [-0.05, 0) is 73.7 Å². The van der Waals surface area contributed by atoms with E-state index in [9.17, 15) is 9.18 Å². The molecule has 0 radical (unpaired) electrons. The molecule has 1 amide bonds. The molecule has 0 unspecified atom stereocenters. The summed E-state index contributed by atoms with van der Waals surface area (Å²) >= 11 is 12.1. The third-order valence-electron chi connectivity index (χ3n) is 6.68. The standard InChI is InChI=1S/C22H23Cl2FN2O/c1-14(20(28)26-17-6-4-16(25)5-7-17)21-11-22(12-21,13-21)27(2)10-15-3-8-18(23)19(24)9-15/h3-9,14H,10-13H2,1-2H3,(H,26,28)/t14-,21?,22?/m1/s1. The number of hydrogen-bond donors (Lipinski definition) is 1. The Morgan fingerprint density at radius 2 is 1.79 bits per heavy atom. The molecule has 0 heterocycles. The van der Waals surface area contributed by atoms with Crippen molar-refractivity contribution in [3.63, 3.8) is 0 Å². The average molecular weight is 421 g/mol. The highest BCUT2D eigenvalue weighted by molar-refractivity contribution is 6.42. The van der Waals surface area contributed by atoms with E-state index in [0.29, 0.717) is 15.7 Å². The SMILES string of the molecule is C[C@H](C(=O)Nc1ccc(F)cc1)C12CC(N(C)Cc3ccc(Cl)c(Cl)c3)(C1)C2. The third kappa shape index (κ3) is 3.32. The second kappa shape index (κ2) is 7.01. The van der Waals surface area contributed by atoms with Crippen LogP contribution in [0.25, 0.3) is 0 Å². The largest absolute Gasteiger partial charge is 0.326 e. The highest BCUT2D eigenvalue weighted by atomic mass is 35.5. The molecule has 1 N–H and O–H groups in total. The van der Waals surface area contributed by atoms with Gasteiger partial charge in [-0.3, -0.25) is 9.69 Å². The summed E-state index contributed by atoms with van der Waals surface area (Å²) in [4.78, 5) is 15.0. The van der Waals surface area contributed by atoms with Crippen LogP contribution in [0.15, 0.2) is 42.5 Å². The maximum absolute atomic E-state index is 13.0. The van der Waals surface area contributed by atoms with Crippen molar-refractivity contribution in [3.05, 3.63) is 63.9 Å². The van der Waals surface area contributed by atoms with Crippen LogP contribution >= 0.6 is 23.2 Å². The average Bonchev–Trinajstić information content (AvgIpc) is 2.57. The van der Waals surface area contributed by atoms with Gasteiger partial charge in [0.15, 0.2) is 0 Å². The first-order valence-corrected chi connectivity index (χ1v) is 10.2. The molecule has 5 rings (SSSR count). The van der Waals surface area contributed by atoms with E-state index < -0.39 is 0 Å². The number of nitrogens with zero attached hydrogens (tertiary/aromatic N) is 1. The fourth-order valence-corrected chi connectivity index (χ4v) is 5.14. The van der Waals surface area contributed by atoms with Crippen LogP contribution in [0.4, 0.5) is 10.1 Å². The molecule has 2 bridgehead atoms. The molecular formula is C22H23Cl2FN2O. The second-order valence-corrected chi connectivity index (χ2v) is 9.25. The van der Waals surface area contributed by atoms with Crippen molar-refractivity contribution in [2.24, 2.45) is 11.3 Å². The van der Waals surface area contributed by atoms with Crippen LogP contribution in [0.1, 0.15) is 31.7 Å². The molecular weight excluding hydrogens is 398 g/mol. The first-order chi connectivity index (χ1) is 13.2. The maximum atomic E-state index is 13.0. The number of amides is 1. The van der Waals surface area contributed by atoms with E-state index in [1.54, 1.807) is 12.1 Å². The zero-order chi connectivity index (χ0) is 20.1. The minimum absolute atomic E-state index is 0.00652. The Hall–Kier alpha value is -1.62. The molecule has 3 aliphatic carbocycles. The van der Waals surface area contributed by atoms with Gasteiger partial charge < -0.3 is 5.32 Å². The van der Waals surface area contributed by atoms with Crippen molar-refractivity contribution < 1.29 is 9.18 Å². The van der Waals surface area contributed by atoms with E-state index >= 15 is 0 Å². The highest BCUT2D eigenvalue weighted by Crippen LogP contribution is 2.72. The van der Waals surface area contributed by atoms with E-state index in [1.807, 2.05) is 25.1 Å². The molecule has 1 atom stereocenters. The molecule has 0 aliphatic heterocycles. The zero-order valence-corrected chi connectivity index (χ0v) is 17.4.